The van der Waals surface area contributed by atoms with Crippen LogP contribution in [0.1, 0.15) is 18.4 Å². The van der Waals surface area contributed by atoms with Gasteiger partial charge in [-0.3, -0.25) is 9.10 Å². The van der Waals surface area contributed by atoms with E-state index in [2.05, 4.69) is 10.2 Å². The average molecular weight is 486 g/mol. The van der Waals surface area contributed by atoms with Gasteiger partial charge in [-0.2, -0.15) is 0 Å². The number of nitrogens with one attached hydrogen (secondary N) is 1. The van der Waals surface area contributed by atoms with Gasteiger partial charge in [-0.05, 0) is 79.1 Å². The van der Waals surface area contributed by atoms with Crippen molar-refractivity contribution in [2.45, 2.75) is 24.3 Å². The van der Waals surface area contributed by atoms with Gasteiger partial charge in [-0.15, -0.1) is 0 Å². The predicted octanol–water partition coefficient (Wildman–Crippen LogP) is 4.08. The van der Waals surface area contributed by atoms with Crippen molar-refractivity contribution in [1.82, 2.24) is 5.32 Å². The molecule has 3 aromatic rings. The largest absolute Gasteiger partial charge is 0.372 e. The molecule has 0 aliphatic carbocycles. The van der Waals surface area contributed by atoms with Gasteiger partial charge in [-0.1, -0.05) is 12.1 Å². The number of halogens is 2. The van der Waals surface area contributed by atoms with Crippen LogP contribution in [0, 0.1) is 11.6 Å². The number of hydrogen-bond acceptors (Lipinski definition) is 4. The maximum Gasteiger partial charge on any atom is 0.264 e. The fourth-order valence-corrected chi connectivity index (χ4v) is 5.26. The molecule has 0 aromatic heterocycles. The molecule has 34 heavy (non-hydrogen) atoms. The molecule has 0 radical (unpaired) electrons. The third-order valence-electron chi connectivity index (χ3n) is 5.70. The van der Waals surface area contributed by atoms with Crippen LogP contribution in [-0.2, 0) is 21.4 Å². The molecule has 0 unspecified atom stereocenters. The van der Waals surface area contributed by atoms with Crippen molar-refractivity contribution in [2.75, 3.05) is 28.8 Å². The Morgan fingerprint density at radius 1 is 0.853 bits per heavy atom. The van der Waals surface area contributed by atoms with E-state index in [0.717, 1.165) is 65.0 Å². The van der Waals surface area contributed by atoms with Crippen LogP contribution in [0.5, 0.6) is 0 Å². The van der Waals surface area contributed by atoms with Gasteiger partial charge in [0.05, 0.1) is 10.6 Å². The van der Waals surface area contributed by atoms with Crippen molar-refractivity contribution in [3.05, 3.63) is 90.0 Å². The highest BCUT2D eigenvalue weighted by molar-refractivity contribution is 7.92. The van der Waals surface area contributed by atoms with Gasteiger partial charge in [0.15, 0.2) is 0 Å². The van der Waals surface area contributed by atoms with Crippen molar-refractivity contribution in [2.24, 2.45) is 0 Å². The minimum absolute atomic E-state index is 0.121. The minimum Gasteiger partial charge on any atom is -0.372 e. The summed E-state index contributed by atoms with van der Waals surface area (Å²) >= 11 is 0. The molecule has 0 bridgehead atoms. The van der Waals surface area contributed by atoms with Gasteiger partial charge in [0.2, 0.25) is 5.91 Å². The van der Waals surface area contributed by atoms with E-state index in [1.165, 1.54) is 25.0 Å². The molecule has 1 heterocycles. The summed E-state index contributed by atoms with van der Waals surface area (Å²) in [4.78, 5) is 14.8. The van der Waals surface area contributed by atoms with Gasteiger partial charge < -0.3 is 10.2 Å². The molecule has 4 rings (SSSR count). The van der Waals surface area contributed by atoms with Crippen molar-refractivity contribution < 1.29 is 22.0 Å². The van der Waals surface area contributed by atoms with Crippen LogP contribution in [0.15, 0.2) is 77.7 Å². The normalized spacial score (nSPS) is 13.6. The fraction of sp³-hybridized carbons (Fsp3) is 0.240. The van der Waals surface area contributed by atoms with Crippen molar-refractivity contribution in [3.63, 3.8) is 0 Å². The first-order valence-electron chi connectivity index (χ1n) is 11.0. The lowest BCUT2D eigenvalue weighted by molar-refractivity contribution is -0.119. The first-order valence-corrected chi connectivity index (χ1v) is 12.4. The lowest BCUT2D eigenvalue weighted by Gasteiger charge is -2.24. The number of rotatable bonds is 8. The lowest BCUT2D eigenvalue weighted by atomic mass is 10.2. The molecule has 0 spiro atoms. The molecule has 1 N–H and O–H groups in total. The summed E-state index contributed by atoms with van der Waals surface area (Å²) in [5.74, 6) is -1.65. The first-order chi connectivity index (χ1) is 16.3. The molecule has 178 valence electrons. The van der Waals surface area contributed by atoms with E-state index >= 15 is 0 Å². The minimum atomic E-state index is -4.20. The van der Waals surface area contributed by atoms with Crippen LogP contribution in [0.25, 0.3) is 0 Å². The number of carbonyl (C=O) groups is 1. The van der Waals surface area contributed by atoms with Crippen molar-refractivity contribution >= 4 is 27.3 Å². The van der Waals surface area contributed by atoms with Crippen LogP contribution in [0.3, 0.4) is 0 Å². The molecule has 9 heteroatoms. The summed E-state index contributed by atoms with van der Waals surface area (Å²) in [6, 6.07) is 17.0. The fourth-order valence-electron chi connectivity index (χ4n) is 3.84. The third-order valence-corrected chi connectivity index (χ3v) is 7.49. The Labute approximate surface area is 197 Å². The van der Waals surface area contributed by atoms with Crippen LogP contribution in [-0.4, -0.2) is 34.0 Å². The number of hydrogen-bond donors (Lipinski definition) is 1. The van der Waals surface area contributed by atoms with Gasteiger partial charge in [-0.25, -0.2) is 17.2 Å². The first kappa shape index (κ1) is 23.7. The van der Waals surface area contributed by atoms with Crippen LogP contribution in [0.2, 0.25) is 0 Å². The molecule has 6 nitrogen and oxygen atoms in total. The molecule has 1 fully saturated rings. The topological polar surface area (TPSA) is 69.7 Å². The molecule has 1 amide bonds. The molecule has 1 aliphatic rings. The lowest BCUT2D eigenvalue weighted by Crippen LogP contribution is -2.40. The standard InChI is InChI=1S/C25H25F2N3O3S/c26-20-5-11-23(12-6-20)30(34(32,33)24-13-7-21(27)8-14-24)18-25(31)28-17-19-3-9-22(10-4-19)29-15-1-2-16-29/h3-14H,1-2,15-18H2,(H,28,31). The van der Waals surface area contributed by atoms with Crippen LogP contribution in [0.4, 0.5) is 20.2 Å². The monoisotopic (exact) mass is 485 g/mol. The summed E-state index contributed by atoms with van der Waals surface area (Å²) in [6.45, 7) is 1.79. The highest BCUT2D eigenvalue weighted by atomic mass is 32.2. The quantitative estimate of drug-likeness (QED) is 0.522. The molecule has 1 saturated heterocycles. The Morgan fingerprint density at radius 3 is 2.00 bits per heavy atom. The van der Waals surface area contributed by atoms with Gasteiger partial charge in [0.25, 0.3) is 10.0 Å². The number of sulfonamides is 1. The zero-order valence-electron chi connectivity index (χ0n) is 18.5. The maximum absolute atomic E-state index is 13.4. The van der Waals surface area contributed by atoms with Crippen molar-refractivity contribution in [1.29, 1.82) is 0 Å². The summed E-state index contributed by atoms with van der Waals surface area (Å²) in [5, 5.41) is 2.74. The molecule has 3 aromatic carbocycles. The molecule has 0 saturated carbocycles. The second-order valence-corrected chi connectivity index (χ2v) is 9.94. The Hall–Kier alpha value is -3.46. The SMILES string of the molecule is O=C(CN(c1ccc(F)cc1)S(=O)(=O)c1ccc(F)cc1)NCc1ccc(N2CCCC2)cc1. The smallest absolute Gasteiger partial charge is 0.264 e. The zero-order valence-corrected chi connectivity index (χ0v) is 19.3. The number of nitrogens with zero attached hydrogens (tertiary/aromatic N) is 2. The summed E-state index contributed by atoms with van der Waals surface area (Å²) < 4.78 is 54.1. The van der Waals surface area contributed by atoms with E-state index in [4.69, 9.17) is 0 Å². The number of carbonyl (C=O) groups excluding carboxylic acids is 1. The Morgan fingerprint density at radius 2 is 1.41 bits per heavy atom. The van der Waals surface area contributed by atoms with E-state index in [1.54, 1.807) is 0 Å². The second kappa shape index (κ2) is 10.2. The van der Waals surface area contributed by atoms with Crippen LogP contribution < -0.4 is 14.5 Å². The highest BCUT2D eigenvalue weighted by Crippen LogP contribution is 2.24. The van der Waals surface area contributed by atoms with Gasteiger partial charge >= 0.3 is 0 Å². The van der Waals surface area contributed by atoms with Crippen LogP contribution >= 0.6 is 0 Å². The van der Waals surface area contributed by atoms with Gasteiger partial charge in [0, 0.05) is 25.3 Å². The Bertz CT molecular complexity index is 1230. The molecular weight excluding hydrogens is 460 g/mol. The predicted molar refractivity (Wildman–Crippen MR) is 127 cm³/mol. The van der Waals surface area contributed by atoms with E-state index in [0.29, 0.717) is 0 Å². The van der Waals surface area contributed by atoms with E-state index in [9.17, 15) is 22.0 Å². The van der Waals surface area contributed by atoms with Crippen molar-refractivity contribution in [3.8, 4) is 0 Å². The molecular formula is C25H25F2N3O3S. The summed E-state index contributed by atoms with van der Waals surface area (Å²) in [5.41, 5.74) is 2.14. The van der Waals surface area contributed by atoms with Gasteiger partial charge in [0.1, 0.15) is 18.2 Å². The number of amides is 1. The maximum atomic E-state index is 13.4. The van der Waals surface area contributed by atoms with E-state index in [1.807, 2.05) is 24.3 Å². The summed E-state index contributed by atoms with van der Waals surface area (Å²) in [7, 11) is -4.20. The number of benzene rings is 3. The number of anilines is 2. The van der Waals surface area contributed by atoms with E-state index in [-0.39, 0.29) is 17.1 Å². The third kappa shape index (κ3) is 5.53. The average Bonchev–Trinajstić information content (AvgIpc) is 3.37. The second-order valence-electron chi connectivity index (χ2n) is 8.08. The zero-order chi connectivity index (χ0) is 24.1. The molecule has 1 aliphatic heterocycles. The highest BCUT2D eigenvalue weighted by Gasteiger charge is 2.27. The summed E-state index contributed by atoms with van der Waals surface area (Å²) in [6.07, 6.45) is 2.37. The Kier molecular flexibility index (Phi) is 7.12. The Balaban J connectivity index is 1.48. The molecule has 0 atom stereocenters. The van der Waals surface area contributed by atoms with E-state index < -0.39 is 34.1 Å².